The van der Waals surface area contributed by atoms with Gasteiger partial charge < -0.3 is 20.1 Å². The van der Waals surface area contributed by atoms with Gasteiger partial charge in [-0.2, -0.15) is 0 Å². The van der Waals surface area contributed by atoms with Gasteiger partial charge in [0.1, 0.15) is 31.8 Å². The van der Waals surface area contributed by atoms with E-state index < -0.39 is 71.0 Å². The molecule has 8 bridgehead atoms. The number of carbonyl (C=O) groups excluding carboxylic acids is 2. The predicted octanol–water partition coefficient (Wildman–Crippen LogP) is 14.6. The Bertz CT molecular complexity index is 4450. The molecule has 25 heteroatoms. The van der Waals surface area contributed by atoms with Crippen LogP contribution in [0.3, 0.4) is 0 Å². The smallest absolute Gasteiger partial charge is 0.411 e. The summed E-state index contributed by atoms with van der Waals surface area (Å²) >= 11 is 23.5. The minimum atomic E-state index is -3.87. The van der Waals surface area contributed by atoms with Gasteiger partial charge in [0.15, 0.2) is 0 Å². The fourth-order valence-electron chi connectivity index (χ4n) is 14.2. The van der Waals surface area contributed by atoms with Crippen molar-refractivity contribution in [3.63, 3.8) is 0 Å². The second-order valence-corrected chi connectivity index (χ2v) is 34.0. The van der Waals surface area contributed by atoms with E-state index in [0.29, 0.717) is 77.5 Å². The number of rotatable bonds is 10. The van der Waals surface area contributed by atoms with Crippen LogP contribution in [0.25, 0.3) is 16.7 Å². The Hall–Kier alpha value is -7.31. The molecule has 4 saturated heterocycles. The van der Waals surface area contributed by atoms with Crippen LogP contribution in [0.5, 0.6) is 0 Å². The number of aromatic nitrogens is 4. The molecule has 8 aliphatic rings. The SMILES string of the molecule is CC(C)(C)OC(=O)N1C2C=CC1C(S(=O)(=O)c1ccccc1)=C2c1ccc(Cl)nc1.CC(C)(C)OC(=O)N1C2CCC1C(S(=O)(=O)c1ccccc1)=C2c1ccc(Cl)nc1.Clc1ccc(C2CC3CCC2N3)cn1.O=S(=O)(C1=C(c2ccc(Cl)nc2)C2CCC1N2)c1ccccc1. The molecule has 97 heavy (non-hydrogen) atoms. The highest BCUT2D eigenvalue weighted by Gasteiger charge is 2.55. The molecule has 4 aromatic heterocycles. The number of amides is 2. The van der Waals surface area contributed by atoms with Crippen LogP contribution in [0.4, 0.5) is 9.59 Å². The third-order valence-corrected chi connectivity index (χ3v) is 24.9. The number of hydrogen-bond acceptors (Lipinski definition) is 16. The van der Waals surface area contributed by atoms with E-state index in [4.69, 9.17) is 55.9 Å². The summed E-state index contributed by atoms with van der Waals surface area (Å²) in [7, 11) is -11.2. The Labute approximate surface area is 586 Å². The molecule has 18 nitrogen and oxygen atoms in total. The van der Waals surface area contributed by atoms with Crippen LogP contribution < -0.4 is 10.6 Å². The first kappa shape index (κ1) is 69.6. The molecule has 9 unspecified atom stereocenters. The monoisotopic (exact) mass is 1440 g/mol. The van der Waals surface area contributed by atoms with Crippen molar-refractivity contribution in [2.24, 2.45) is 0 Å². The van der Waals surface area contributed by atoms with Gasteiger partial charge in [0.2, 0.25) is 29.5 Å². The van der Waals surface area contributed by atoms with E-state index in [9.17, 15) is 34.8 Å². The maximum Gasteiger partial charge on any atom is 0.411 e. The van der Waals surface area contributed by atoms with Gasteiger partial charge in [0.25, 0.3) is 0 Å². The van der Waals surface area contributed by atoms with E-state index in [1.54, 1.807) is 180 Å². The number of halogens is 4. The molecule has 0 saturated carbocycles. The molecular formula is C72H72Cl4N8O10S3. The zero-order valence-corrected chi connectivity index (χ0v) is 59.4. The quantitative estimate of drug-likeness (QED) is 0.0956. The Balaban J connectivity index is 0.000000127. The van der Waals surface area contributed by atoms with E-state index in [1.165, 1.54) is 35.9 Å². The summed E-state index contributed by atoms with van der Waals surface area (Å²) in [6.45, 7) is 10.7. The van der Waals surface area contributed by atoms with Gasteiger partial charge in [-0.05, 0) is 187 Å². The lowest BCUT2D eigenvalue weighted by Crippen LogP contribution is -2.42. The van der Waals surface area contributed by atoms with Gasteiger partial charge in [0.05, 0.1) is 53.6 Å². The molecule has 9 atom stereocenters. The van der Waals surface area contributed by atoms with Crippen LogP contribution in [0.15, 0.2) is 206 Å². The van der Waals surface area contributed by atoms with E-state index in [0.717, 1.165) is 30.0 Å². The Morgan fingerprint density at radius 3 is 1.33 bits per heavy atom. The molecule has 2 N–H and O–H groups in total. The van der Waals surface area contributed by atoms with Crippen LogP contribution in [-0.2, 0) is 39.0 Å². The first-order chi connectivity index (χ1) is 46.1. The van der Waals surface area contributed by atoms with E-state index >= 15 is 0 Å². The average molecular weight is 1450 g/mol. The van der Waals surface area contributed by atoms with Gasteiger partial charge in [-0.3, -0.25) is 9.80 Å². The van der Waals surface area contributed by atoms with Gasteiger partial charge >= 0.3 is 12.2 Å². The minimum absolute atomic E-state index is 0.0662. The molecule has 506 valence electrons. The third kappa shape index (κ3) is 14.5. The second kappa shape index (κ2) is 27.8. The molecule has 15 rings (SSSR count). The molecule has 2 amide bonds. The summed E-state index contributed by atoms with van der Waals surface area (Å²) in [5.41, 5.74) is 3.98. The molecular weight excluding hydrogens is 1370 g/mol. The number of hydrogen-bond donors (Lipinski definition) is 2. The molecule has 4 fully saturated rings. The first-order valence-electron chi connectivity index (χ1n) is 31.9. The van der Waals surface area contributed by atoms with Crippen LogP contribution in [0.2, 0.25) is 20.6 Å². The number of nitrogens with zero attached hydrogens (tertiary/aromatic N) is 6. The van der Waals surface area contributed by atoms with Crippen molar-refractivity contribution >= 4 is 105 Å². The van der Waals surface area contributed by atoms with Crippen LogP contribution >= 0.6 is 46.4 Å². The minimum Gasteiger partial charge on any atom is -0.444 e. The van der Waals surface area contributed by atoms with Crippen molar-refractivity contribution in [2.75, 3.05) is 0 Å². The Kier molecular flexibility index (Phi) is 19.9. The molecule has 0 radical (unpaired) electrons. The molecule has 3 aromatic carbocycles. The summed E-state index contributed by atoms with van der Waals surface area (Å²) < 4.78 is 91.9. The second-order valence-electron chi connectivity index (χ2n) is 26.7. The highest BCUT2D eigenvalue weighted by molar-refractivity contribution is 7.96. The van der Waals surface area contributed by atoms with Gasteiger partial charge in [0, 0.05) is 66.0 Å². The summed E-state index contributed by atoms with van der Waals surface area (Å²) in [6, 6.07) is 38.4. The number of benzene rings is 3. The number of carbonyl (C=O) groups is 2. The number of pyridine rings is 4. The normalized spacial score (nSPS) is 23.6. The standard InChI is InChI=1S/C22H23ClN2O4S.C22H21ClN2O4S.C17H15ClN2O2S.C11H13ClN2/c2*1-22(2,3)29-21(26)25-16-10-11-17(25)20(19(16)14-9-12-18(23)24-13-14)30(27,28)15-7-5-4-6-8-15;18-15-9-6-11(10-19-15)16-13-7-8-14(20-13)17(16)23(21,22)12-4-2-1-3-5-12;12-11-4-1-7(6-13-11)9-5-8-2-3-10(9)14-8/h4-9,12-13,16-17H,10-11H2,1-3H3;4-13,16-17H,1-3H3;1-6,9-10,13-14,20H,7-8H2;1,4,6,8-10,14H,2-3,5H2. The zero-order chi connectivity index (χ0) is 68.9. The fourth-order valence-corrected chi connectivity index (χ4v) is 20.2. The topological polar surface area (TPSA) is 237 Å². The van der Waals surface area contributed by atoms with Crippen LogP contribution in [0, 0.1) is 0 Å². The summed E-state index contributed by atoms with van der Waals surface area (Å²) in [6.07, 6.45) is 16.1. The van der Waals surface area contributed by atoms with Crippen molar-refractivity contribution in [3.8, 4) is 0 Å². The zero-order valence-electron chi connectivity index (χ0n) is 53.9. The Morgan fingerprint density at radius 1 is 0.443 bits per heavy atom. The van der Waals surface area contributed by atoms with Gasteiger partial charge in [-0.25, -0.2) is 54.8 Å². The number of ether oxygens (including phenoxy) is 2. The van der Waals surface area contributed by atoms with Crippen molar-refractivity contribution in [2.45, 2.75) is 167 Å². The maximum atomic E-state index is 13.6. The largest absolute Gasteiger partial charge is 0.444 e. The lowest BCUT2D eigenvalue weighted by atomic mass is 9.85. The molecule has 8 aliphatic heterocycles. The molecule has 12 heterocycles. The lowest BCUT2D eigenvalue weighted by molar-refractivity contribution is 0.0227. The van der Waals surface area contributed by atoms with Crippen LogP contribution in [0.1, 0.15) is 115 Å². The van der Waals surface area contributed by atoms with Crippen molar-refractivity contribution in [1.82, 2.24) is 40.4 Å². The van der Waals surface area contributed by atoms with Crippen molar-refractivity contribution < 1.29 is 44.3 Å². The van der Waals surface area contributed by atoms with E-state index in [2.05, 4.69) is 36.6 Å². The van der Waals surface area contributed by atoms with Gasteiger partial charge in [-0.15, -0.1) is 0 Å². The third-order valence-electron chi connectivity index (χ3n) is 18.1. The molecule has 0 aliphatic carbocycles. The fraction of sp³-hybridized carbons (Fsp3) is 0.333. The highest BCUT2D eigenvalue weighted by atomic mass is 35.5. The molecule has 0 spiro atoms. The van der Waals surface area contributed by atoms with E-state index in [-0.39, 0.29) is 37.7 Å². The summed E-state index contributed by atoms with van der Waals surface area (Å²) in [5.74, 6) is 0.665. The Morgan fingerprint density at radius 2 is 0.876 bits per heavy atom. The number of sulfone groups is 3. The van der Waals surface area contributed by atoms with Crippen molar-refractivity contribution in [1.29, 1.82) is 0 Å². The number of nitrogens with one attached hydrogen (secondary N) is 2. The average Bonchev–Trinajstić information content (AvgIpc) is 1.57. The van der Waals surface area contributed by atoms with Crippen molar-refractivity contribution in [3.05, 3.63) is 234 Å². The summed E-state index contributed by atoms with van der Waals surface area (Å²) in [4.78, 5) is 47.1. The first-order valence-corrected chi connectivity index (χ1v) is 37.9. The predicted molar refractivity (Wildman–Crippen MR) is 376 cm³/mol. The van der Waals surface area contributed by atoms with Crippen LogP contribution in [-0.4, -0.2) is 127 Å². The molecule has 7 aromatic rings. The van der Waals surface area contributed by atoms with E-state index in [1.807, 2.05) is 30.5 Å². The van der Waals surface area contributed by atoms with Gasteiger partial charge in [-0.1, -0.05) is 125 Å². The number of fused-ring (bicyclic) bond motifs is 8. The summed E-state index contributed by atoms with van der Waals surface area (Å²) in [5, 5.41) is 8.64. The lowest BCUT2D eigenvalue weighted by Gasteiger charge is -2.28. The maximum absolute atomic E-state index is 13.6. The highest BCUT2D eigenvalue weighted by Crippen LogP contribution is 2.52.